The number of aromatic nitrogens is 4. The molecule has 0 aliphatic heterocycles. The fraction of sp³-hybridized carbons (Fsp3) is 0.182. The summed E-state index contributed by atoms with van der Waals surface area (Å²) in [5.74, 6) is -0.233. The lowest BCUT2D eigenvalue weighted by Gasteiger charge is -2.10. The first-order chi connectivity index (χ1) is 14.4. The number of hydrogen-bond acceptors (Lipinski definition) is 5. The van der Waals surface area contributed by atoms with Crippen LogP contribution in [-0.2, 0) is 11.8 Å². The van der Waals surface area contributed by atoms with Gasteiger partial charge >= 0.3 is 0 Å². The molecule has 0 spiro atoms. The Morgan fingerprint density at radius 1 is 1.07 bits per heavy atom. The van der Waals surface area contributed by atoms with Crippen molar-refractivity contribution >= 4 is 34.1 Å². The monoisotopic (exact) mass is 421 g/mol. The number of nitrogens with zero attached hydrogens (tertiary/aromatic N) is 4. The predicted molar refractivity (Wildman–Crippen MR) is 117 cm³/mol. The highest BCUT2D eigenvalue weighted by Gasteiger charge is 2.15. The third kappa shape index (κ3) is 3.91. The Kier molecular flexibility index (Phi) is 5.50. The van der Waals surface area contributed by atoms with Gasteiger partial charge in [0.1, 0.15) is 16.5 Å². The summed E-state index contributed by atoms with van der Waals surface area (Å²) < 4.78 is 15.0. The number of amides is 1. The zero-order chi connectivity index (χ0) is 21.3. The summed E-state index contributed by atoms with van der Waals surface area (Å²) in [5.41, 5.74) is 3.89. The van der Waals surface area contributed by atoms with Crippen molar-refractivity contribution in [3.05, 3.63) is 65.7 Å². The Morgan fingerprint density at radius 2 is 1.77 bits per heavy atom. The Hall–Kier alpha value is -3.26. The van der Waals surface area contributed by atoms with Crippen LogP contribution in [0.1, 0.15) is 11.4 Å². The third-order valence-electron chi connectivity index (χ3n) is 4.88. The van der Waals surface area contributed by atoms with Crippen LogP contribution in [0, 0.1) is 19.7 Å². The van der Waals surface area contributed by atoms with Gasteiger partial charge in [0.15, 0.2) is 0 Å². The SMILES string of the molecule is Cc1nn(C)c(C)c1NC(=O)CSc1nnc(-c2ccc(F)cc2)c2ccccc12. The Morgan fingerprint density at radius 3 is 2.43 bits per heavy atom. The average molecular weight is 422 g/mol. The fourth-order valence-electron chi connectivity index (χ4n) is 3.27. The van der Waals surface area contributed by atoms with E-state index in [-0.39, 0.29) is 17.5 Å². The molecule has 2 heterocycles. The number of carbonyl (C=O) groups is 1. The van der Waals surface area contributed by atoms with E-state index < -0.39 is 0 Å². The molecule has 0 bridgehead atoms. The molecule has 6 nitrogen and oxygen atoms in total. The summed E-state index contributed by atoms with van der Waals surface area (Å²) in [6.07, 6.45) is 0. The summed E-state index contributed by atoms with van der Waals surface area (Å²) in [5, 5.41) is 18.4. The van der Waals surface area contributed by atoms with Crippen molar-refractivity contribution in [1.29, 1.82) is 0 Å². The number of halogens is 1. The molecule has 0 saturated heterocycles. The Labute approximate surface area is 177 Å². The minimum Gasteiger partial charge on any atom is -0.322 e. The molecule has 0 atom stereocenters. The number of anilines is 1. The molecule has 4 aromatic rings. The molecule has 1 amide bonds. The van der Waals surface area contributed by atoms with E-state index in [4.69, 9.17) is 0 Å². The summed E-state index contributed by atoms with van der Waals surface area (Å²) in [7, 11) is 1.84. The smallest absolute Gasteiger partial charge is 0.234 e. The van der Waals surface area contributed by atoms with Gasteiger partial charge in [0, 0.05) is 23.4 Å². The first-order valence-corrected chi connectivity index (χ1v) is 10.4. The van der Waals surface area contributed by atoms with Gasteiger partial charge in [0.2, 0.25) is 5.91 Å². The number of rotatable bonds is 5. The molecule has 0 fully saturated rings. The molecule has 0 saturated carbocycles. The highest BCUT2D eigenvalue weighted by Crippen LogP contribution is 2.32. The van der Waals surface area contributed by atoms with Gasteiger partial charge in [-0.2, -0.15) is 5.10 Å². The molecule has 2 aromatic heterocycles. The maximum atomic E-state index is 13.3. The first kappa shape index (κ1) is 20.0. The average Bonchev–Trinajstić information content (AvgIpc) is 2.98. The molecule has 8 heteroatoms. The van der Waals surface area contributed by atoms with Gasteiger partial charge in [-0.05, 0) is 38.1 Å². The Balaban J connectivity index is 1.57. The van der Waals surface area contributed by atoms with Gasteiger partial charge < -0.3 is 5.32 Å². The standard InChI is InChI=1S/C22H20FN5OS/c1-13-20(14(2)28(3)27-13)24-19(29)12-30-22-18-7-5-4-6-17(18)21(25-26-22)15-8-10-16(23)11-9-15/h4-11H,12H2,1-3H3,(H,24,29). The fourth-order valence-corrected chi connectivity index (χ4v) is 4.04. The van der Waals surface area contributed by atoms with E-state index in [1.807, 2.05) is 45.2 Å². The minimum atomic E-state index is -0.298. The molecular weight excluding hydrogens is 401 g/mol. The molecule has 152 valence electrons. The van der Waals surface area contributed by atoms with E-state index in [1.54, 1.807) is 16.8 Å². The van der Waals surface area contributed by atoms with Crippen molar-refractivity contribution in [2.75, 3.05) is 11.1 Å². The minimum absolute atomic E-state index is 0.132. The third-order valence-corrected chi connectivity index (χ3v) is 5.87. The van der Waals surface area contributed by atoms with Crippen molar-refractivity contribution in [3.8, 4) is 11.3 Å². The second-order valence-electron chi connectivity index (χ2n) is 6.91. The van der Waals surface area contributed by atoms with Crippen LogP contribution in [0.5, 0.6) is 0 Å². The molecule has 0 aliphatic rings. The number of thioether (sulfide) groups is 1. The number of carbonyl (C=O) groups excluding carboxylic acids is 1. The molecule has 30 heavy (non-hydrogen) atoms. The van der Waals surface area contributed by atoms with Gasteiger partial charge in [-0.1, -0.05) is 36.0 Å². The summed E-state index contributed by atoms with van der Waals surface area (Å²) in [6, 6.07) is 13.9. The van der Waals surface area contributed by atoms with Crippen LogP contribution in [0.15, 0.2) is 53.6 Å². The lowest BCUT2D eigenvalue weighted by molar-refractivity contribution is -0.113. The van der Waals surface area contributed by atoms with E-state index in [1.165, 1.54) is 23.9 Å². The van der Waals surface area contributed by atoms with Gasteiger partial charge in [-0.15, -0.1) is 10.2 Å². The molecule has 0 unspecified atom stereocenters. The summed E-state index contributed by atoms with van der Waals surface area (Å²) in [6.45, 7) is 3.78. The quantitative estimate of drug-likeness (QED) is 0.480. The predicted octanol–water partition coefficient (Wildman–Crippen LogP) is 4.52. The van der Waals surface area contributed by atoms with Crippen LogP contribution in [0.3, 0.4) is 0 Å². The largest absolute Gasteiger partial charge is 0.322 e. The van der Waals surface area contributed by atoms with Crippen molar-refractivity contribution in [2.24, 2.45) is 7.05 Å². The number of aryl methyl sites for hydroxylation is 2. The van der Waals surface area contributed by atoms with E-state index in [0.29, 0.717) is 10.7 Å². The van der Waals surface area contributed by atoms with E-state index in [9.17, 15) is 9.18 Å². The maximum Gasteiger partial charge on any atom is 0.234 e. The molecule has 1 N–H and O–H groups in total. The highest BCUT2D eigenvalue weighted by atomic mass is 32.2. The number of hydrogen-bond donors (Lipinski definition) is 1. The zero-order valence-corrected chi connectivity index (χ0v) is 17.6. The van der Waals surface area contributed by atoms with Crippen molar-refractivity contribution in [1.82, 2.24) is 20.0 Å². The normalized spacial score (nSPS) is 11.1. The lowest BCUT2D eigenvalue weighted by Crippen LogP contribution is -2.15. The molecule has 4 rings (SSSR count). The van der Waals surface area contributed by atoms with Gasteiger partial charge in [0.05, 0.1) is 22.8 Å². The molecular formula is C22H20FN5OS. The van der Waals surface area contributed by atoms with Crippen molar-refractivity contribution < 1.29 is 9.18 Å². The van der Waals surface area contributed by atoms with E-state index in [0.717, 1.165) is 33.4 Å². The number of fused-ring (bicyclic) bond motifs is 1. The topological polar surface area (TPSA) is 72.7 Å². The summed E-state index contributed by atoms with van der Waals surface area (Å²) in [4.78, 5) is 12.5. The van der Waals surface area contributed by atoms with E-state index in [2.05, 4.69) is 20.6 Å². The molecule has 2 aromatic carbocycles. The summed E-state index contributed by atoms with van der Waals surface area (Å²) >= 11 is 1.33. The molecule has 0 radical (unpaired) electrons. The highest BCUT2D eigenvalue weighted by molar-refractivity contribution is 8.00. The van der Waals surface area contributed by atoms with Crippen molar-refractivity contribution in [2.45, 2.75) is 18.9 Å². The van der Waals surface area contributed by atoms with Gasteiger partial charge in [-0.3, -0.25) is 9.48 Å². The zero-order valence-electron chi connectivity index (χ0n) is 16.8. The van der Waals surface area contributed by atoms with Gasteiger partial charge in [0.25, 0.3) is 0 Å². The van der Waals surface area contributed by atoms with Crippen LogP contribution >= 0.6 is 11.8 Å². The van der Waals surface area contributed by atoms with Crippen LogP contribution in [-0.4, -0.2) is 31.6 Å². The van der Waals surface area contributed by atoms with Crippen LogP contribution in [0.25, 0.3) is 22.0 Å². The molecule has 0 aliphatic carbocycles. The lowest BCUT2D eigenvalue weighted by atomic mass is 10.1. The van der Waals surface area contributed by atoms with Crippen molar-refractivity contribution in [3.63, 3.8) is 0 Å². The first-order valence-electron chi connectivity index (χ1n) is 9.38. The second kappa shape index (κ2) is 8.23. The van der Waals surface area contributed by atoms with Crippen LogP contribution in [0.2, 0.25) is 0 Å². The Bertz CT molecular complexity index is 1240. The number of nitrogens with one attached hydrogen (secondary N) is 1. The van der Waals surface area contributed by atoms with Crippen LogP contribution < -0.4 is 5.32 Å². The number of benzene rings is 2. The van der Waals surface area contributed by atoms with E-state index >= 15 is 0 Å². The maximum absolute atomic E-state index is 13.3. The van der Waals surface area contributed by atoms with Gasteiger partial charge in [-0.25, -0.2) is 4.39 Å². The van der Waals surface area contributed by atoms with Crippen LogP contribution in [0.4, 0.5) is 10.1 Å². The second-order valence-corrected chi connectivity index (χ2v) is 7.88.